The minimum Gasteiger partial charge on any atom is -0.450 e. The van der Waals surface area contributed by atoms with Gasteiger partial charge in [-0.25, -0.2) is 4.79 Å². The number of hydrogen-bond donors (Lipinski definition) is 3. The minimum atomic E-state index is -1.08. The van der Waals surface area contributed by atoms with Gasteiger partial charge in [-0.1, -0.05) is 50.8 Å². The van der Waals surface area contributed by atoms with Gasteiger partial charge in [0.2, 0.25) is 5.91 Å². The first kappa shape index (κ1) is 23.1. The van der Waals surface area contributed by atoms with Gasteiger partial charge in [0.05, 0.1) is 5.70 Å². The van der Waals surface area contributed by atoms with Crippen LogP contribution >= 0.6 is 0 Å². The molecule has 0 aliphatic carbocycles. The molecule has 1 fully saturated rings. The van der Waals surface area contributed by atoms with Gasteiger partial charge >= 0.3 is 5.97 Å². The summed E-state index contributed by atoms with van der Waals surface area (Å²) in [6, 6.07) is 7.87. The van der Waals surface area contributed by atoms with Crippen LogP contribution in [0.25, 0.3) is 0 Å². The molecule has 0 spiro atoms. The maximum atomic E-state index is 12.8. The molecule has 0 aromatic heterocycles. The van der Waals surface area contributed by atoms with Gasteiger partial charge in [0.1, 0.15) is 12.1 Å². The van der Waals surface area contributed by atoms with Gasteiger partial charge in [0.25, 0.3) is 11.8 Å². The van der Waals surface area contributed by atoms with E-state index in [9.17, 15) is 19.2 Å². The first-order chi connectivity index (χ1) is 14.2. The lowest BCUT2D eigenvalue weighted by Gasteiger charge is -2.27. The molecule has 3 N–H and O–H groups in total. The van der Waals surface area contributed by atoms with Gasteiger partial charge in [0, 0.05) is 0 Å². The van der Waals surface area contributed by atoms with Gasteiger partial charge < -0.3 is 20.7 Å². The summed E-state index contributed by atoms with van der Waals surface area (Å²) < 4.78 is 5.32. The Balaban J connectivity index is 2.18. The van der Waals surface area contributed by atoms with Crippen LogP contribution in [0.5, 0.6) is 0 Å². The molecule has 0 saturated carbocycles. The molecule has 0 radical (unpaired) electrons. The highest BCUT2D eigenvalue weighted by Gasteiger charge is 2.33. The van der Waals surface area contributed by atoms with Crippen molar-refractivity contribution in [2.24, 2.45) is 5.92 Å². The summed E-state index contributed by atoms with van der Waals surface area (Å²) in [5.74, 6) is -2.84. The van der Waals surface area contributed by atoms with Gasteiger partial charge in [-0.2, -0.15) is 0 Å². The summed E-state index contributed by atoms with van der Waals surface area (Å²) in [7, 11) is 0. The number of cyclic esters (lactones) is 1. The van der Waals surface area contributed by atoms with E-state index in [1.54, 1.807) is 13.8 Å². The monoisotopic (exact) mass is 415 g/mol. The predicted molar refractivity (Wildman–Crippen MR) is 111 cm³/mol. The lowest BCUT2D eigenvalue weighted by atomic mass is 10.0. The Bertz CT molecular complexity index is 806. The predicted octanol–water partition coefficient (Wildman–Crippen LogP) is 1.21. The molecule has 1 aliphatic heterocycles. The van der Waals surface area contributed by atoms with E-state index in [-0.39, 0.29) is 11.6 Å². The quantitative estimate of drug-likeness (QED) is 0.494. The molecule has 0 bridgehead atoms. The number of ether oxygens (including phenoxy) is 1. The SMILES string of the molecule is C=C1NC(=O)[C@@H](CCCc2ccccc2)NC(=O)[C@H](C(C)C)OC(=O)[C@@H](C)NC1=O. The molecule has 30 heavy (non-hydrogen) atoms. The van der Waals surface area contributed by atoms with Crippen LogP contribution < -0.4 is 16.0 Å². The highest BCUT2D eigenvalue weighted by atomic mass is 16.5. The number of carbonyl (C=O) groups is 4. The van der Waals surface area contributed by atoms with Crippen molar-refractivity contribution in [3.05, 3.63) is 48.2 Å². The summed E-state index contributed by atoms with van der Waals surface area (Å²) >= 11 is 0. The molecule has 162 valence electrons. The van der Waals surface area contributed by atoms with Crippen molar-refractivity contribution in [2.75, 3.05) is 0 Å². The summed E-state index contributed by atoms with van der Waals surface area (Å²) in [4.78, 5) is 50.0. The Kier molecular flexibility index (Phi) is 8.15. The molecular weight excluding hydrogens is 386 g/mol. The second-order valence-corrected chi connectivity index (χ2v) is 7.70. The first-order valence-corrected chi connectivity index (χ1v) is 10.0. The number of hydrogen-bond acceptors (Lipinski definition) is 5. The lowest BCUT2D eigenvalue weighted by Crippen LogP contribution is -2.54. The lowest BCUT2D eigenvalue weighted by molar-refractivity contribution is -0.161. The van der Waals surface area contributed by atoms with Crippen molar-refractivity contribution >= 4 is 23.7 Å². The van der Waals surface area contributed by atoms with Gasteiger partial charge in [0.15, 0.2) is 6.10 Å². The maximum Gasteiger partial charge on any atom is 0.329 e. The fourth-order valence-electron chi connectivity index (χ4n) is 3.03. The zero-order valence-electron chi connectivity index (χ0n) is 17.6. The molecule has 0 unspecified atom stereocenters. The number of rotatable bonds is 5. The van der Waals surface area contributed by atoms with Crippen LogP contribution in [-0.4, -0.2) is 41.9 Å². The van der Waals surface area contributed by atoms with Crippen molar-refractivity contribution < 1.29 is 23.9 Å². The third kappa shape index (κ3) is 6.43. The topological polar surface area (TPSA) is 114 Å². The van der Waals surface area contributed by atoms with E-state index in [4.69, 9.17) is 4.74 Å². The Morgan fingerprint density at radius 1 is 1.03 bits per heavy atom. The third-order valence-corrected chi connectivity index (χ3v) is 4.79. The summed E-state index contributed by atoms with van der Waals surface area (Å²) in [6.07, 6.45) is 0.617. The number of aryl methyl sites for hydroxylation is 1. The van der Waals surface area contributed by atoms with Crippen molar-refractivity contribution in [1.29, 1.82) is 0 Å². The van der Waals surface area contributed by atoms with Gasteiger partial charge in [-0.15, -0.1) is 0 Å². The normalized spacial score (nSPS) is 23.6. The highest BCUT2D eigenvalue weighted by molar-refractivity contribution is 6.01. The van der Waals surface area contributed by atoms with E-state index in [1.807, 2.05) is 30.3 Å². The maximum absolute atomic E-state index is 12.8. The molecule has 2 rings (SSSR count). The Morgan fingerprint density at radius 2 is 1.70 bits per heavy atom. The third-order valence-electron chi connectivity index (χ3n) is 4.79. The van der Waals surface area contributed by atoms with Gasteiger partial charge in [-0.05, 0) is 37.7 Å². The van der Waals surface area contributed by atoms with E-state index in [1.165, 1.54) is 6.92 Å². The fourth-order valence-corrected chi connectivity index (χ4v) is 3.03. The largest absolute Gasteiger partial charge is 0.450 e. The van der Waals surface area contributed by atoms with E-state index < -0.39 is 41.9 Å². The summed E-state index contributed by atoms with van der Waals surface area (Å²) in [5.41, 5.74) is 0.909. The highest BCUT2D eigenvalue weighted by Crippen LogP contribution is 2.12. The number of carbonyl (C=O) groups excluding carboxylic acids is 4. The zero-order chi connectivity index (χ0) is 22.3. The Labute approximate surface area is 176 Å². The molecule has 1 aliphatic rings. The average Bonchev–Trinajstić information content (AvgIpc) is 2.70. The van der Waals surface area contributed by atoms with E-state index >= 15 is 0 Å². The van der Waals surface area contributed by atoms with Crippen LogP contribution in [0.15, 0.2) is 42.6 Å². The molecule has 1 saturated heterocycles. The fraction of sp³-hybridized carbons (Fsp3) is 0.455. The van der Waals surface area contributed by atoms with Crippen LogP contribution in [0, 0.1) is 5.92 Å². The second-order valence-electron chi connectivity index (χ2n) is 7.70. The van der Waals surface area contributed by atoms with Crippen LogP contribution in [-0.2, 0) is 30.3 Å². The van der Waals surface area contributed by atoms with Crippen molar-refractivity contribution in [3.8, 4) is 0 Å². The number of benzene rings is 1. The number of esters is 1. The van der Waals surface area contributed by atoms with E-state index in [0.29, 0.717) is 12.8 Å². The van der Waals surface area contributed by atoms with E-state index in [2.05, 4.69) is 22.5 Å². The molecule has 1 aromatic carbocycles. The van der Waals surface area contributed by atoms with Crippen molar-refractivity contribution in [3.63, 3.8) is 0 Å². The van der Waals surface area contributed by atoms with Crippen molar-refractivity contribution in [1.82, 2.24) is 16.0 Å². The Morgan fingerprint density at radius 3 is 2.33 bits per heavy atom. The average molecular weight is 415 g/mol. The zero-order valence-corrected chi connectivity index (χ0v) is 17.6. The van der Waals surface area contributed by atoms with Crippen LogP contribution in [0.3, 0.4) is 0 Å². The second kappa shape index (κ2) is 10.6. The summed E-state index contributed by atoms with van der Waals surface area (Å²) in [6.45, 7) is 8.45. The molecule has 1 heterocycles. The standard InChI is InChI=1S/C22H29N3O5/c1-13(2)18-21(28)25-17(12-8-11-16-9-6-5-7-10-16)20(27)23-14(3)19(26)24-15(4)22(29)30-18/h5-7,9-10,13,15,17-18H,3,8,11-12H2,1-2,4H3,(H,23,27)(H,24,26)(H,25,28)/t15-,17-,18+/m1/s1. The number of nitrogens with one attached hydrogen (secondary N) is 3. The summed E-state index contributed by atoms with van der Waals surface area (Å²) in [5, 5.41) is 7.52. The number of amides is 3. The molecule has 1 aromatic rings. The molecule has 8 nitrogen and oxygen atoms in total. The van der Waals surface area contributed by atoms with Crippen LogP contribution in [0.1, 0.15) is 39.2 Å². The van der Waals surface area contributed by atoms with Gasteiger partial charge in [-0.3, -0.25) is 14.4 Å². The first-order valence-electron chi connectivity index (χ1n) is 10.0. The molecule has 3 atom stereocenters. The molecule has 3 amide bonds. The van der Waals surface area contributed by atoms with E-state index in [0.717, 1.165) is 12.0 Å². The minimum absolute atomic E-state index is 0.206. The van der Waals surface area contributed by atoms with Crippen LogP contribution in [0.4, 0.5) is 0 Å². The Hall–Kier alpha value is -3.16. The molecule has 8 heteroatoms. The molecular formula is C22H29N3O5. The smallest absolute Gasteiger partial charge is 0.329 e. The van der Waals surface area contributed by atoms with Crippen molar-refractivity contribution in [2.45, 2.75) is 58.2 Å². The van der Waals surface area contributed by atoms with Crippen LogP contribution in [0.2, 0.25) is 0 Å².